The van der Waals surface area contributed by atoms with Crippen molar-refractivity contribution >= 4 is 0 Å². The highest BCUT2D eigenvalue weighted by Crippen LogP contribution is 2.08. The molecule has 0 aromatic carbocycles. The van der Waals surface area contributed by atoms with Gasteiger partial charge >= 0.3 is 0 Å². The van der Waals surface area contributed by atoms with Crippen molar-refractivity contribution in [1.29, 1.82) is 0 Å². The molecule has 3 nitrogen and oxygen atoms in total. The fourth-order valence-electron chi connectivity index (χ4n) is 2.14. The molecule has 0 saturated carbocycles. The van der Waals surface area contributed by atoms with E-state index < -0.39 is 0 Å². The maximum atomic E-state index is 9.98. The van der Waals surface area contributed by atoms with Gasteiger partial charge in [0.25, 0.3) is 0 Å². The summed E-state index contributed by atoms with van der Waals surface area (Å²) in [5, 5.41) is 9.98. The van der Waals surface area contributed by atoms with Gasteiger partial charge in [0.2, 0.25) is 0 Å². The van der Waals surface area contributed by atoms with E-state index in [0.717, 1.165) is 38.9 Å². The van der Waals surface area contributed by atoms with Gasteiger partial charge in [0, 0.05) is 32.0 Å². The number of aliphatic hydroxyl groups excluding tert-OH is 1. The van der Waals surface area contributed by atoms with Gasteiger partial charge in [-0.05, 0) is 37.9 Å². The second-order valence-corrected chi connectivity index (χ2v) is 4.87. The summed E-state index contributed by atoms with van der Waals surface area (Å²) in [5.74, 6) is 0. The summed E-state index contributed by atoms with van der Waals surface area (Å²) in [6.07, 6.45) is 6.47. The molecule has 1 aromatic heterocycles. The number of hydrogen-bond acceptors (Lipinski definition) is 2. The van der Waals surface area contributed by atoms with E-state index in [4.69, 9.17) is 0 Å². The molecule has 0 aliphatic carbocycles. The average Bonchev–Trinajstić information content (AvgIpc) is 2.73. The van der Waals surface area contributed by atoms with Crippen molar-refractivity contribution in [2.24, 2.45) is 7.05 Å². The molecule has 0 radical (unpaired) electrons. The molecule has 1 aromatic rings. The molecule has 1 rings (SSSR count). The lowest BCUT2D eigenvalue weighted by Crippen LogP contribution is -2.33. The fourth-order valence-corrected chi connectivity index (χ4v) is 2.14. The minimum absolute atomic E-state index is 0.255. The minimum Gasteiger partial charge on any atom is -0.392 e. The molecule has 0 bridgehead atoms. The highest BCUT2D eigenvalue weighted by molar-refractivity contribution is 5.06. The molecule has 1 heterocycles. The topological polar surface area (TPSA) is 28.4 Å². The smallest absolute Gasteiger partial charge is 0.0670 e. The molecule has 1 N–H and O–H groups in total. The Hall–Kier alpha value is -1.06. The van der Waals surface area contributed by atoms with Crippen molar-refractivity contribution in [1.82, 2.24) is 9.47 Å². The van der Waals surface area contributed by atoms with Gasteiger partial charge in [-0.3, -0.25) is 4.90 Å². The number of aromatic nitrogens is 1. The van der Waals surface area contributed by atoms with Crippen molar-refractivity contribution in [2.75, 3.05) is 13.1 Å². The van der Waals surface area contributed by atoms with Crippen LogP contribution >= 0.6 is 0 Å². The lowest BCUT2D eigenvalue weighted by atomic mass is 10.2. The highest BCUT2D eigenvalue weighted by Gasteiger charge is 2.12. The van der Waals surface area contributed by atoms with Gasteiger partial charge < -0.3 is 9.67 Å². The predicted octanol–water partition coefficient (Wildman–Crippen LogP) is 2.56. The first-order chi connectivity index (χ1) is 8.67. The third-order valence-electron chi connectivity index (χ3n) is 3.15. The van der Waals surface area contributed by atoms with Crippen LogP contribution in [0.3, 0.4) is 0 Å². The molecule has 0 saturated heterocycles. The Morgan fingerprint density at radius 1 is 1.56 bits per heavy atom. The minimum atomic E-state index is -0.255. The van der Waals surface area contributed by atoms with Crippen LogP contribution in [0.5, 0.6) is 0 Å². The Kier molecular flexibility index (Phi) is 6.76. The van der Waals surface area contributed by atoms with Gasteiger partial charge in [-0.15, -0.1) is 6.58 Å². The zero-order chi connectivity index (χ0) is 13.4. The van der Waals surface area contributed by atoms with E-state index >= 15 is 0 Å². The molecule has 1 atom stereocenters. The van der Waals surface area contributed by atoms with Crippen molar-refractivity contribution in [3.05, 3.63) is 36.7 Å². The van der Waals surface area contributed by atoms with Crippen LogP contribution in [-0.4, -0.2) is 33.8 Å². The van der Waals surface area contributed by atoms with Crippen LogP contribution in [-0.2, 0) is 13.6 Å². The Morgan fingerprint density at radius 2 is 2.33 bits per heavy atom. The van der Waals surface area contributed by atoms with E-state index in [9.17, 15) is 5.11 Å². The molecule has 18 heavy (non-hydrogen) atoms. The molecule has 102 valence electrons. The van der Waals surface area contributed by atoms with Crippen LogP contribution in [0.2, 0.25) is 0 Å². The first kappa shape index (κ1) is 15.0. The standard InChI is InChI=1S/C15H26N2O/c1-4-6-9-15(18)13-17(10-5-2)12-14-8-7-11-16(14)3/h4,7-8,11,15,18H,1,5-6,9-10,12-13H2,2-3H3. The SMILES string of the molecule is C=CCCC(O)CN(CCC)Cc1cccn1C. The second kappa shape index (κ2) is 8.11. The van der Waals surface area contributed by atoms with Gasteiger partial charge in [0.1, 0.15) is 0 Å². The monoisotopic (exact) mass is 250 g/mol. The summed E-state index contributed by atoms with van der Waals surface area (Å²) in [6, 6.07) is 4.20. The lowest BCUT2D eigenvalue weighted by molar-refractivity contribution is 0.101. The number of rotatable bonds is 9. The van der Waals surface area contributed by atoms with Crippen LogP contribution in [0.15, 0.2) is 31.0 Å². The molecule has 0 amide bonds. The lowest BCUT2D eigenvalue weighted by Gasteiger charge is -2.24. The average molecular weight is 250 g/mol. The Balaban J connectivity index is 2.49. The maximum absolute atomic E-state index is 9.98. The van der Waals surface area contributed by atoms with Gasteiger partial charge in [0.05, 0.1) is 6.10 Å². The summed E-state index contributed by atoms with van der Waals surface area (Å²) in [6.45, 7) is 8.54. The van der Waals surface area contributed by atoms with Crippen LogP contribution in [0.25, 0.3) is 0 Å². The molecule has 0 spiro atoms. The molecule has 0 aliphatic heterocycles. The van der Waals surface area contributed by atoms with Gasteiger partial charge in [-0.2, -0.15) is 0 Å². The number of nitrogens with zero attached hydrogens (tertiary/aromatic N) is 2. The van der Waals surface area contributed by atoms with Gasteiger partial charge in [-0.1, -0.05) is 13.0 Å². The number of allylic oxidation sites excluding steroid dienone is 1. The maximum Gasteiger partial charge on any atom is 0.0670 e. The number of aryl methyl sites for hydroxylation is 1. The summed E-state index contributed by atoms with van der Waals surface area (Å²) in [4.78, 5) is 2.32. The summed E-state index contributed by atoms with van der Waals surface area (Å²) in [7, 11) is 2.06. The van der Waals surface area contributed by atoms with Crippen molar-refractivity contribution in [3.8, 4) is 0 Å². The Labute approximate surface area is 111 Å². The van der Waals surface area contributed by atoms with Crippen molar-refractivity contribution in [3.63, 3.8) is 0 Å². The van der Waals surface area contributed by atoms with E-state index in [0.29, 0.717) is 0 Å². The van der Waals surface area contributed by atoms with Crippen LogP contribution in [0.1, 0.15) is 31.9 Å². The predicted molar refractivity (Wildman–Crippen MR) is 76.4 cm³/mol. The highest BCUT2D eigenvalue weighted by atomic mass is 16.3. The first-order valence-electron chi connectivity index (χ1n) is 6.78. The largest absolute Gasteiger partial charge is 0.392 e. The van der Waals surface area contributed by atoms with E-state index in [1.807, 2.05) is 6.08 Å². The molecule has 0 fully saturated rings. The second-order valence-electron chi connectivity index (χ2n) is 4.87. The quantitative estimate of drug-likeness (QED) is 0.682. The van der Waals surface area contributed by atoms with Gasteiger partial charge in [0.15, 0.2) is 0 Å². The number of aliphatic hydroxyl groups is 1. The van der Waals surface area contributed by atoms with Crippen LogP contribution in [0, 0.1) is 0 Å². The van der Waals surface area contributed by atoms with Crippen LogP contribution in [0.4, 0.5) is 0 Å². The zero-order valence-electron chi connectivity index (χ0n) is 11.7. The van der Waals surface area contributed by atoms with Crippen molar-refractivity contribution < 1.29 is 5.11 Å². The summed E-state index contributed by atoms with van der Waals surface area (Å²) in [5.41, 5.74) is 1.29. The Bertz CT molecular complexity index is 346. The summed E-state index contributed by atoms with van der Waals surface area (Å²) < 4.78 is 2.14. The van der Waals surface area contributed by atoms with E-state index in [1.165, 1.54) is 5.69 Å². The fraction of sp³-hybridized carbons (Fsp3) is 0.600. The van der Waals surface area contributed by atoms with Crippen LogP contribution < -0.4 is 0 Å². The third-order valence-corrected chi connectivity index (χ3v) is 3.15. The molecule has 1 unspecified atom stereocenters. The normalized spacial score (nSPS) is 12.9. The Morgan fingerprint density at radius 3 is 2.89 bits per heavy atom. The number of hydrogen-bond donors (Lipinski definition) is 1. The summed E-state index contributed by atoms with van der Waals surface area (Å²) >= 11 is 0. The third kappa shape index (κ3) is 5.07. The van der Waals surface area contributed by atoms with E-state index in [-0.39, 0.29) is 6.10 Å². The molecule has 3 heteroatoms. The van der Waals surface area contributed by atoms with Crippen molar-refractivity contribution in [2.45, 2.75) is 38.8 Å². The van der Waals surface area contributed by atoms with Gasteiger partial charge in [-0.25, -0.2) is 0 Å². The first-order valence-corrected chi connectivity index (χ1v) is 6.78. The zero-order valence-corrected chi connectivity index (χ0v) is 11.7. The molecular formula is C15H26N2O. The van der Waals surface area contributed by atoms with E-state index in [1.54, 1.807) is 0 Å². The molecule has 0 aliphatic rings. The van der Waals surface area contributed by atoms with E-state index in [2.05, 4.69) is 48.3 Å². The molecular weight excluding hydrogens is 224 g/mol.